The predicted molar refractivity (Wildman–Crippen MR) is 51.2 cm³/mol. The van der Waals surface area contributed by atoms with E-state index in [4.69, 9.17) is 11.6 Å². The first kappa shape index (κ1) is 8.63. The van der Waals surface area contributed by atoms with Crippen molar-refractivity contribution in [1.29, 1.82) is 0 Å². The lowest BCUT2D eigenvalue weighted by Crippen LogP contribution is -1.82. The molecule has 0 aromatic heterocycles. The Morgan fingerprint density at radius 2 is 2.18 bits per heavy atom. The van der Waals surface area contributed by atoms with Gasteiger partial charge in [-0.3, -0.25) is 0 Å². The average Bonchev–Trinajstić information content (AvgIpc) is 1.99. The van der Waals surface area contributed by atoms with Crippen molar-refractivity contribution in [2.45, 2.75) is 6.92 Å². The molecule has 0 heterocycles. The number of phenols is 1. The van der Waals surface area contributed by atoms with Crippen LogP contribution in [0.2, 0.25) is 5.02 Å². The molecule has 0 aliphatic carbocycles. The van der Waals surface area contributed by atoms with Gasteiger partial charge in [0, 0.05) is 5.69 Å². The maximum Gasteiger partial charge on any atom is 0.137 e. The monoisotopic (exact) mass is 189 g/mol. The number of hydrogen-bond donors (Lipinski definition) is 2. The van der Waals surface area contributed by atoms with Crippen molar-refractivity contribution in [3.63, 3.8) is 0 Å². The Morgan fingerprint density at radius 3 is 2.64 bits per heavy atom. The lowest BCUT2D eigenvalue weighted by atomic mass is 10.2. The zero-order valence-electron chi connectivity index (χ0n) is 6.06. The van der Waals surface area contributed by atoms with E-state index in [1.165, 1.54) is 0 Å². The molecule has 11 heavy (non-hydrogen) atoms. The molecule has 0 bridgehead atoms. The number of hydrogen-bond acceptors (Lipinski definition) is 2. The van der Waals surface area contributed by atoms with Gasteiger partial charge in [-0.15, -0.1) is 0 Å². The molecule has 0 radical (unpaired) electrons. The van der Waals surface area contributed by atoms with Crippen molar-refractivity contribution in [1.82, 2.24) is 0 Å². The zero-order valence-corrected chi connectivity index (χ0v) is 7.97. The van der Waals surface area contributed by atoms with Crippen LogP contribution < -0.4 is 5.09 Å². The van der Waals surface area contributed by atoms with Crippen molar-refractivity contribution in [3.05, 3.63) is 22.7 Å². The highest BCUT2D eigenvalue weighted by Crippen LogP contribution is 2.30. The maximum absolute atomic E-state index is 9.26. The Labute approximate surface area is 72.8 Å². The lowest BCUT2D eigenvalue weighted by Gasteiger charge is -2.04. The standard InChI is InChI=1S/C7H9ClNOP/c1-4-2-5(9-11)3-6(8)7(4)10/h2-3,9-10H,11H2,1H3. The molecule has 0 saturated heterocycles. The lowest BCUT2D eigenvalue weighted by molar-refractivity contribution is 0.471. The van der Waals surface area contributed by atoms with Gasteiger partial charge in [-0.05, 0) is 34.0 Å². The van der Waals surface area contributed by atoms with Gasteiger partial charge in [-0.25, -0.2) is 0 Å². The first-order chi connectivity index (χ1) is 5.15. The highest BCUT2D eigenvalue weighted by atomic mass is 35.5. The number of halogens is 1. The van der Waals surface area contributed by atoms with Crippen molar-refractivity contribution >= 4 is 26.7 Å². The molecule has 0 fully saturated rings. The van der Waals surface area contributed by atoms with E-state index in [0.29, 0.717) is 5.02 Å². The van der Waals surface area contributed by atoms with Gasteiger partial charge in [0.25, 0.3) is 0 Å². The summed E-state index contributed by atoms with van der Waals surface area (Å²) in [6.45, 7) is 1.80. The summed E-state index contributed by atoms with van der Waals surface area (Å²) >= 11 is 5.70. The summed E-state index contributed by atoms with van der Waals surface area (Å²) in [7, 11) is 2.36. The summed E-state index contributed by atoms with van der Waals surface area (Å²) in [5.74, 6) is 0.149. The molecule has 1 unspecified atom stereocenters. The molecule has 1 aromatic rings. The molecule has 2 nitrogen and oxygen atoms in total. The number of aromatic hydroxyl groups is 1. The Morgan fingerprint density at radius 1 is 1.55 bits per heavy atom. The molecule has 1 aromatic carbocycles. The molecule has 0 aliphatic rings. The summed E-state index contributed by atoms with van der Waals surface area (Å²) < 4.78 is 0. The Hall–Kier alpha value is -0.460. The summed E-state index contributed by atoms with van der Waals surface area (Å²) in [6.07, 6.45) is 0. The van der Waals surface area contributed by atoms with Crippen LogP contribution >= 0.6 is 21.0 Å². The van der Waals surface area contributed by atoms with Crippen LogP contribution in [0.4, 0.5) is 5.69 Å². The highest BCUT2D eigenvalue weighted by Gasteiger charge is 2.02. The molecule has 0 saturated carbocycles. The number of nitrogens with one attached hydrogen (secondary N) is 1. The van der Waals surface area contributed by atoms with E-state index in [9.17, 15) is 5.11 Å². The molecule has 1 rings (SSSR count). The van der Waals surface area contributed by atoms with E-state index in [2.05, 4.69) is 14.5 Å². The summed E-state index contributed by atoms with van der Waals surface area (Å²) in [5, 5.41) is 12.5. The molecule has 1 atom stereocenters. The number of rotatable bonds is 1. The molecule has 0 aliphatic heterocycles. The predicted octanol–water partition coefficient (Wildman–Crippen LogP) is 2.56. The minimum atomic E-state index is 0.149. The second-order valence-electron chi connectivity index (χ2n) is 2.27. The van der Waals surface area contributed by atoms with Crippen molar-refractivity contribution in [2.75, 3.05) is 5.09 Å². The second kappa shape index (κ2) is 3.29. The fourth-order valence-corrected chi connectivity index (χ4v) is 1.25. The first-order valence-electron chi connectivity index (χ1n) is 3.11. The largest absolute Gasteiger partial charge is 0.506 e. The molecule has 4 heteroatoms. The molecule has 60 valence electrons. The molecular weight excluding hydrogens is 181 g/mol. The van der Waals surface area contributed by atoms with E-state index < -0.39 is 0 Å². The number of aryl methyl sites for hydroxylation is 1. The van der Waals surface area contributed by atoms with Gasteiger partial charge in [0.15, 0.2) is 0 Å². The van der Waals surface area contributed by atoms with E-state index in [-0.39, 0.29) is 5.75 Å². The van der Waals surface area contributed by atoms with Crippen LogP contribution in [0.5, 0.6) is 5.75 Å². The SMILES string of the molecule is Cc1cc(NP)cc(Cl)c1O. The summed E-state index contributed by atoms with van der Waals surface area (Å²) in [5.41, 5.74) is 1.64. The second-order valence-corrected chi connectivity index (χ2v) is 2.96. The smallest absolute Gasteiger partial charge is 0.137 e. The third kappa shape index (κ3) is 1.76. The van der Waals surface area contributed by atoms with Crippen molar-refractivity contribution < 1.29 is 5.11 Å². The highest BCUT2D eigenvalue weighted by molar-refractivity contribution is 7.18. The fourth-order valence-electron chi connectivity index (χ4n) is 0.820. The summed E-state index contributed by atoms with van der Waals surface area (Å²) in [4.78, 5) is 0. The third-order valence-corrected chi connectivity index (χ3v) is 2.04. The summed E-state index contributed by atoms with van der Waals surface area (Å²) in [6, 6.07) is 3.48. The molecule has 0 spiro atoms. The third-order valence-electron chi connectivity index (χ3n) is 1.42. The Bertz CT molecular complexity index is 254. The van der Waals surface area contributed by atoms with E-state index >= 15 is 0 Å². The zero-order chi connectivity index (χ0) is 8.43. The van der Waals surface area contributed by atoms with Crippen LogP contribution in [0, 0.1) is 6.92 Å². The van der Waals surface area contributed by atoms with Crippen LogP contribution in [0.3, 0.4) is 0 Å². The van der Waals surface area contributed by atoms with Crippen LogP contribution in [-0.4, -0.2) is 5.11 Å². The molecule has 0 amide bonds. The normalized spacial score (nSPS) is 9.73. The van der Waals surface area contributed by atoms with Gasteiger partial charge < -0.3 is 10.2 Å². The number of phenolic OH excluding ortho intramolecular Hbond substituents is 1. The van der Waals surface area contributed by atoms with Crippen LogP contribution in [0.25, 0.3) is 0 Å². The van der Waals surface area contributed by atoms with Gasteiger partial charge in [0.2, 0.25) is 0 Å². The quantitative estimate of drug-likeness (QED) is 0.526. The topological polar surface area (TPSA) is 32.3 Å². The van der Waals surface area contributed by atoms with Crippen molar-refractivity contribution in [2.24, 2.45) is 0 Å². The Balaban J connectivity index is 3.21. The Kier molecular flexibility index (Phi) is 2.58. The number of anilines is 1. The van der Waals surface area contributed by atoms with Gasteiger partial charge >= 0.3 is 0 Å². The van der Waals surface area contributed by atoms with Gasteiger partial charge in [0.05, 0.1) is 5.02 Å². The van der Waals surface area contributed by atoms with E-state index in [1.807, 2.05) is 6.07 Å². The van der Waals surface area contributed by atoms with E-state index in [1.54, 1.807) is 13.0 Å². The average molecular weight is 190 g/mol. The molecular formula is C7H9ClNOP. The minimum Gasteiger partial charge on any atom is -0.506 e. The fraction of sp³-hybridized carbons (Fsp3) is 0.143. The maximum atomic E-state index is 9.26. The van der Waals surface area contributed by atoms with Gasteiger partial charge in [0.1, 0.15) is 5.75 Å². The first-order valence-corrected chi connectivity index (χ1v) is 4.06. The van der Waals surface area contributed by atoms with Crippen molar-refractivity contribution in [3.8, 4) is 5.75 Å². The van der Waals surface area contributed by atoms with Crippen LogP contribution in [-0.2, 0) is 0 Å². The van der Waals surface area contributed by atoms with E-state index in [0.717, 1.165) is 11.3 Å². The van der Waals surface area contributed by atoms with Crippen LogP contribution in [0.15, 0.2) is 12.1 Å². The molecule has 2 N–H and O–H groups in total. The van der Waals surface area contributed by atoms with Gasteiger partial charge in [-0.1, -0.05) is 11.6 Å². The van der Waals surface area contributed by atoms with Gasteiger partial charge in [-0.2, -0.15) is 0 Å². The van der Waals surface area contributed by atoms with Crippen LogP contribution in [0.1, 0.15) is 5.56 Å². The number of benzene rings is 1. The minimum absolute atomic E-state index is 0.149.